The molecule has 2 aromatic rings. The molecular formula is C21H19F5O2. The number of hydrogen-bond donors (Lipinski definition) is 0. The normalized spacial score (nSPS) is 19.6. The first kappa shape index (κ1) is 20.5. The molecule has 0 N–H and O–H groups in total. The fraction of sp³-hybridized carbons (Fsp3) is 0.333. The van der Waals surface area contributed by atoms with Gasteiger partial charge in [-0.3, -0.25) is 0 Å². The van der Waals surface area contributed by atoms with Gasteiger partial charge in [-0.25, -0.2) is 22.0 Å². The Balaban J connectivity index is 1.83. The summed E-state index contributed by atoms with van der Waals surface area (Å²) in [5, 5.41) is 0. The van der Waals surface area contributed by atoms with Gasteiger partial charge >= 0.3 is 0 Å². The third kappa shape index (κ3) is 4.25. The first-order chi connectivity index (χ1) is 13.4. The highest BCUT2D eigenvalue weighted by molar-refractivity contribution is 5.66. The maximum atomic E-state index is 14.6. The summed E-state index contributed by atoms with van der Waals surface area (Å²) in [5.41, 5.74) is -1.62. The van der Waals surface area contributed by atoms with Gasteiger partial charge in [0.1, 0.15) is 29.9 Å². The van der Waals surface area contributed by atoms with Gasteiger partial charge < -0.3 is 9.47 Å². The SMILES string of the molecule is C=CCCC1COC(c2cc(F)c(-c3cc(F)c(CF)c(F)c3)c(F)c2)OC1. The lowest BCUT2D eigenvalue weighted by Gasteiger charge is -2.29. The number of alkyl halides is 1. The molecule has 2 nitrogen and oxygen atoms in total. The molecule has 0 spiro atoms. The van der Waals surface area contributed by atoms with Crippen LogP contribution in [0.2, 0.25) is 0 Å². The van der Waals surface area contributed by atoms with Crippen molar-refractivity contribution >= 4 is 0 Å². The van der Waals surface area contributed by atoms with Gasteiger partial charge in [-0.05, 0) is 42.7 Å². The van der Waals surface area contributed by atoms with Gasteiger partial charge in [0.05, 0.1) is 24.3 Å². The summed E-state index contributed by atoms with van der Waals surface area (Å²) in [7, 11) is 0. The van der Waals surface area contributed by atoms with Gasteiger partial charge in [-0.1, -0.05) is 6.08 Å². The highest BCUT2D eigenvalue weighted by Crippen LogP contribution is 2.34. The van der Waals surface area contributed by atoms with Crippen molar-refractivity contribution in [2.24, 2.45) is 5.92 Å². The lowest BCUT2D eigenvalue weighted by Crippen LogP contribution is -2.27. The summed E-state index contributed by atoms with van der Waals surface area (Å²) in [4.78, 5) is 0. The van der Waals surface area contributed by atoms with E-state index < -0.39 is 47.4 Å². The fourth-order valence-electron chi connectivity index (χ4n) is 3.14. The van der Waals surface area contributed by atoms with Crippen molar-refractivity contribution in [1.29, 1.82) is 0 Å². The Labute approximate surface area is 159 Å². The van der Waals surface area contributed by atoms with Crippen LogP contribution >= 0.6 is 0 Å². The highest BCUT2D eigenvalue weighted by atomic mass is 19.2. The Morgan fingerprint density at radius 1 is 0.929 bits per heavy atom. The predicted molar refractivity (Wildman–Crippen MR) is 94.1 cm³/mol. The number of rotatable bonds is 6. The third-order valence-corrected chi connectivity index (χ3v) is 4.65. The van der Waals surface area contributed by atoms with Crippen LogP contribution in [0.4, 0.5) is 22.0 Å². The lowest BCUT2D eigenvalue weighted by atomic mass is 9.99. The number of ether oxygens (including phenoxy) is 2. The number of halogens is 5. The Morgan fingerprint density at radius 2 is 1.50 bits per heavy atom. The minimum atomic E-state index is -1.36. The molecule has 0 atom stereocenters. The molecule has 1 fully saturated rings. The smallest absolute Gasteiger partial charge is 0.184 e. The van der Waals surface area contributed by atoms with E-state index in [1.165, 1.54) is 0 Å². The van der Waals surface area contributed by atoms with Crippen molar-refractivity contribution in [2.45, 2.75) is 25.8 Å². The van der Waals surface area contributed by atoms with E-state index in [4.69, 9.17) is 9.47 Å². The molecule has 1 saturated heterocycles. The van der Waals surface area contributed by atoms with E-state index in [-0.39, 0.29) is 17.0 Å². The second-order valence-corrected chi connectivity index (χ2v) is 6.64. The first-order valence-corrected chi connectivity index (χ1v) is 8.81. The Morgan fingerprint density at radius 3 is 2.00 bits per heavy atom. The maximum absolute atomic E-state index is 14.6. The number of benzene rings is 2. The number of allylic oxidation sites excluding steroid dienone is 1. The molecule has 0 unspecified atom stereocenters. The van der Waals surface area contributed by atoms with Crippen LogP contribution in [0.15, 0.2) is 36.9 Å². The zero-order valence-electron chi connectivity index (χ0n) is 15.0. The topological polar surface area (TPSA) is 18.5 Å². The average molecular weight is 398 g/mol. The summed E-state index contributed by atoms with van der Waals surface area (Å²) in [5.74, 6) is -4.29. The molecule has 0 aliphatic carbocycles. The van der Waals surface area contributed by atoms with Crippen LogP contribution in [0.25, 0.3) is 11.1 Å². The molecule has 28 heavy (non-hydrogen) atoms. The van der Waals surface area contributed by atoms with Crippen LogP contribution in [0, 0.1) is 29.2 Å². The molecule has 0 saturated carbocycles. The monoisotopic (exact) mass is 398 g/mol. The Bertz CT molecular complexity index is 814. The molecule has 0 radical (unpaired) electrons. The largest absolute Gasteiger partial charge is 0.348 e. The van der Waals surface area contributed by atoms with Crippen LogP contribution < -0.4 is 0 Å². The van der Waals surface area contributed by atoms with Crippen molar-refractivity contribution < 1.29 is 31.4 Å². The summed E-state index contributed by atoms with van der Waals surface area (Å²) < 4.78 is 80.4. The second kappa shape index (κ2) is 8.84. The van der Waals surface area contributed by atoms with E-state index in [0.717, 1.165) is 25.0 Å². The van der Waals surface area contributed by atoms with E-state index in [2.05, 4.69) is 6.58 Å². The molecule has 7 heteroatoms. The molecule has 3 rings (SSSR count). The summed E-state index contributed by atoms with van der Waals surface area (Å²) in [6.45, 7) is 3.05. The van der Waals surface area contributed by atoms with Crippen LogP contribution in [-0.2, 0) is 16.1 Å². The first-order valence-electron chi connectivity index (χ1n) is 8.81. The maximum Gasteiger partial charge on any atom is 0.184 e. The van der Waals surface area contributed by atoms with Gasteiger partial charge in [0.2, 0.25) is 0 Å². The zero-order valence-corrected chi connectivity index (χ0v) is 15.0. The minimum Gasteiger partial charge on any atom is -0.348 e. The Hall–Kier alpha value is -2.25. The molecule has 0 aromatic heterocycles. The summed E-state index contributed by atoms with van der Waals surface area (Å²) >= 11 is 0. The van der Waals surface area contributed by atoms with Gasteiger partial charge in [-0.15, -0.1) is 6.58 Å². The van der Waals surface area contributed by atoms with Crippen LogP contribution in [-0.4, -0.2) is 13.2 Å². The van der Waals surface area contributed by atoms with Crippen molar-refractivity contribution in [2.75, 3.05) is 13.2 Å². The van der Waals surface area contributed by atoms with Crippen molar-refractivity contribution in [3.8, 4) is 11.1 Å². The van der Waals surface area contributed by atoms with E-state index in [1.54, 1.807) is 6.08 Å². The molecule has 1 aliphatic rings. The third-order valence-electron chi connectivity index (χ3n) is 4.65. The van der Waals surface area contributed by atoms with Crippen LogP contribution in [0.3, 0.4) is 0 Å². The molecule has 0 bridgehead atoms. The van der Waals surface area contributed by atoms with Gasteiger partial charge in [0.15, 0.2) is 6.29 Å². The van der Waals surface area contributed by atoms with Crippen molar-refractivity contribution in [3.05, 3.63) is 71.3 Å². The summed E-state index contributed by atoms with van der Waals surface area (Å²) in [6.07, 6.45) is 2.51. The molecule has 0 amide bonds. The fourth-order valence-corrected chi connectivity index (χ4v) is 3.14. The van der Waals surface area contributed by atoms with Crippen molar-refractivity contribution in [1.82, 2.24) is 0 Å². The minimum absolute atomic E-state index is 0.127. The van der Waals surface area contributed by atoms with Crippen LogP contribution in [0.5, 0.6) is 0 Å². The molecule has 1 heterocycles. The van der Waals surface area contributed by atoms with E-state index in [1.807, 2.05) is 0 Å². The van der Waals surface area contributed by atoms with Gasteiger partial charge in [0, 0.05) is 11.5 Å². The predicted octanol–water partition coefficient (Wildman–Crippen LogP) is 6.01. The Kier molecular flexibility index (Phi) is 6.46. The molecule has 150 valence electrons. The quantitative estimate of drug-likeness (QED) is 0.438. The summed E-state index contributed by atoms with van der Waals surface area (Å²) in [6, 6.07) is 3.42. The molecule has 2 aromatic carbocycles. The van der Waals surface area contributed by atoms with E-state index in [0.29, 0.717) is 25.3 Å². The highest BCUT2D eigenvalue weighted by Gasteiger charge is 2.26. The molecule has 1 aliphatic heterocycles. The van der Waals surface area contributed by atoms with E-state index in [9.17, 15) is 22.0 Å². The van der Waals surface area contributed by atoms with Crippen LogP contribution in [0.1, 0.15) is 30.3 Å². The van der Waals surface area contributed by atoms with Gasteiger partial charge in [-0.2, -0.15) is 0 Å². The number of hydrogen-bond acceptors (Lipinski definition) is 2. The molecular weight excluding hydrogens is 379 g/mol. The standard InChI is InChI=1S/C21H19F5O2/c1-2-3-4-12-10-27-21(28-11-12)14-7-18(25)20(19(26)8-14)13-5-16(23)15(9-22)17(24)6-13/h2,5-8,12,21H,1,3-4,9-11H2. The lowest BCUT2D eigenvalue weighted by molar-refractivity contribution is -0.206. The average Bonchev–Trinajstić information content (AvgIpc) is 2.66. The van der Waals surface area contributed by atoms with Crippen molar-refractivity contribution in [3.63, 3.8) is 0 Å². The van der Waals surface area contributed by atoms with E-state index >= 15 is 0 Å². The van der Waals surface area contributed by atoms with Gasteiger partial charge in [0.25, 0.3) is 0 Å². The zero-order chi connectivity index (χ0) is 20.3. The second-order valence-electron chi connectivity index (χ2n) is 6.64.